The first-order chi connectivity index (χ1) is 6.80. The molecule has 0 aliphatic carbocycles. The van der Waals surface area contributed by atoms with E-state index in [2.05, 4.69) is 0 Å². The van der Waals surface area contributed by atoms with Gasteiger partial charge in [0.1, 0.15) is 0 Å². The Labute approximate surface area is 89.8 Å². The quantitative estimate of drug-likeness (QED) is 0.742. The summed E-state index contributed by atoms with van der Waals surface area (Å²) >= 11 is 5.30. The first kappa shape index (κ1) is 12.6. The molecule has 1 fully saturated rings. The minimum absolute atomic E-state index is 0.00447. The molecule has 3 nitrogen and oxygen atoms in total. The van der Waals surface area contributed by atoms with Gasteiger partial charge in [0.25, 0.3) is 0 Å². The molecule has 0 saturated carbocycles. The molecule has 1 saturated heterocycles. The zero-order chi connectivity index (χ0) is 11.7. The number of rotatable bonds is 2. The zero-order valence-corrected chi connectivity index (χ0v) is 8.61. The number of carbonyl (C=O) groups excluding carboxylic acids is 1. The van der Waals surface area contributed by atoms with Crippen LogP contribution in [0.2, 0.25) is 0 Å². The first-order valence-corrected chi connectivity index (χ1v) is 4.96. The third kappa shape index (κ3) is 2.55. The molecule has 1 heterocycles. The minimum atomic E-state index is -4.69. The number of hydrogen-bond donors (Lipinski definition) is 1. The van der Waals surface area contributed by atoms with E-state index >= 15 is 0 Å². The van der Waals surface area contributed by atoms with Crippen molar-refractivity contribution in [1.82, 2.24) is 4.90 Å². The molecule has 1 rings (SSSR count). The predicted octanol–water partition coefficient (Wildman–Crippen LogP) is 1.14. The third-order valence-electron chi connectivity index (χ3n) is 2.44. The van der Waals surface area contributed by atoms with Crippen molar-refractivity contribution in [3.8, 4) is 0 Å². The fraction of sp³-hybridized carbons (Fsp3) is 0.875. The van der Waals surface area contributed by atoms with Crippen LogP contribution in [-0.4, -0.2) is 46.7 Å². The lowest BCUT2D eigenvalue weighted by molar-refractivity contribution is -0.253. The number of alkyl halides is 4. The maximum Gasteiger partial charge on any atom is 0.419 e. The van der Waals surface area contributed by atoms with Crippen LogP contribution >= 0.6 is 11.6 Å². The van der Waals surface area contributed by atoms with E-state index in [0.717, 1.165) is 4.90 Å². The van der Waals surface area contributed by atoms with E-state index in [1.165, 1.54) is 0 Å². The van der Waals surface area contributed by atoms with Crippen molar-refractivity contribution in [2.45, 2.75) is 24.6 Å². The molecule has 1 amide bonds. The highest BCUT2D eigenvalue weighted by Crippen LogP contribution is 2.37. The topological polar surface area (TPSA) is 40.5 Å². The number of halogens is 4. The number of hydrogen-bond acceptors (Lipinski definition) is 2. The van der Waals surface area contributed by atoms with E-state index in [0.29, 0.717) is 0 Å². The molecule has 0 aromatic carbocycles. The molecular formula is C8H11ClF3NO2. The Morgan fingerprint density at radius 2 is 2.13 bits per heavy atom. The van der Waals surface area contributed by atoms with Crippen LogP contribution in [0.1, 0.15) is 12.8 Å². The maximum atomic E-state index is 12.4. The van der Waals surface area contributed by atoms with Crippen molar-refractivity contribution in [3.05, 3.63) is 0 Å². The number of carbonyl (C=O) groups is 1. The molecule has 0 radical (unpaired) electrons. The molecule has 0 bridgehead atoms. The average Bonchev–Trinajstić information content (AvgIpc) is 2.48. The second kappa shape index (κ2) is 4.17. The van der Waals surface area contributed by atoms with Gasteiger partial charge in [-0.3, -0.25) is 4.79 Å². The van der Waals surface area contributed by atoms with E-state index < -0.39 is 30.7 Å². The maximum absolute atomic E-state index is 12.4. The van der Waals surface area contributed by atoms with Gasteiger partial charge >= 0.3 is 6.18 Å². The van der Waals surface area contributed by atoms with Crippen LogP contribution in [0.5, 0.6) is 0 Å². The van der Waals surface area contributed by atoms with Crippen molar-refractivity contribution in [2.24, 2.45) is 0 Å². The van der Waals surface area contributed by atoms with Gasteiger partial charge < -0.3 is 10.0 Å². The van der Waals surface area contributed by atoms with Gasteiger partial charge in [0.2, 0.25) is 5.91 Å². The van der Waals surface area contributed by atoms with Gasteiger partial charge in [-0.2, -0.15) is 13.2 Å². The molecule has 7 heteroatoms. The van der Waals surface area contributed by atoms with E-state index in [1.807, 2.05) is 0 Å². The Morgan fingerprint density at radius 1 is 1.53 bits per heavy atom. The lowest BCUT2D eigenvalue weighted by atomic mass is 10.0. The Hall–Kier alpha value is -0.490. The molecule has 15 heavy (non-hydrogen) atoms. The fourth-order valence-electron chi connectivity index (χ4n) is 1.48. The number of β-amino-alcohol motifs (C(OH)–C–C–N with tert-alkyl or cyclic N) is 1. The Balaban J connectivity index is 2.63. The van der Waals surface area contributed by atoms with Crippen LogP contribution in [0, 0.1) is 0 Å². The van der Waals surface area contributed by atoms with Gasteiger partial charge in [0.05, 0.1) is 6.54 Å². The number of nitrogens with zero attached hydrogens (tertiary/aromatic N) is 1. The van der Waals surface area contributed by atoms with E-state index in [-0.39, 0.29) is 18.8 Å². The summed E-state index contributed by atoms with van der Waals surface area (Å²) < 4.78 is 37.1. The number of likely N-dealkylation sites (tertiary alicyclic amines) is 1. The molecule has 1 aliphatic rings. The van der Waals surface area contributed by atoms with E-state index in [4.69, 9.17) is 11.6 Å². The van der Waals surface area contributed by atoms with Crippen LogP contribution in [0.15, 0.2) is 0 Å². The Bertz CT molecular complexity index is 259. The van der Waals surface area contributed by atoms with Crippen LogP contribution in [-0.2, 0) is 4.79 Å². The molecular weight excluding hydrogens is 235 g/mol. The summed E-state index contributed by atoms with van der Waals surface area (Å²) in [5, 5.41) is 9.26. The van der Waals surface area contributed by atoms with Gasteiger partial charge in [-0.05, 0) is 0 Å². The van der Waals surface area contributed by atoms with Crippen LogP contribution in [0.3, 0.4) is 0 Å². The Morgan fingerprint density at radius 3 is 2.53 bits per heavy atom. The highest BCUT2D eigenvalue weighted by atomic mass is 35.5. The lowest BCUT2D eigenvalue weighted by Gasteiger charge is -2.25. The minimum Gasteiger partial charge on any atom is -0.379 e. The monoisotopic (exact) mass is 245 g/mol. The first-order valence-electron chi connectivity index (χ1n) is 4.43. The number of aliphatic hydroxyl groups is 1. The van der Waals surface area contributed by atoms with Crippen molar-refractivity contribution in [2.75, 3.05) is 19.0 Å². The van der Waals surface area contributed by atoms with Crippen LogP contribution in [0.25, 0.3) is 0 Å². The highest BCUT2D eigenvalue weighted by molar-refractivity contribution is 6.18. The molecule has 1 aliphatic heterocycles. The molecule has 0 spiro atoms. The van der Waals surface area contributed by atoms with E-state index in [9.17, 15) is 23.1 Å². The highest BCUT2D eigenvalue weighted by Gasteiger charge is 2.57. The van der Waals surface area contributed by atoms with Crippen LogP contribution in [0.4, 0.5) is 13.2 Å². The summed E-state index contributed by atoms with van der Waals surface area (Å²) in [7, 11) is 0. The van der Waals surface area contributed by atoms with Gasteiger partial charge in [-0.1, -0.05) is 0 Å². The normalized spacial score (nSPS) is 27.1. The van der Waals surface area contributed by atoms with E-state index in [1.54, 1.807) is 0 Å². The summed E-state index contributed by atoms with van der Waals surface area (Å²) in [6.45, 7) is -0.766. The standard InChI is InChI=1S/C8H11ClF3NO2/c9-3-1-6(14)13-4-2-7(15,5-13)8(10,11)12/h15H,1-5H2/t7-/m0/s1. The molecule has 0 unspecified atom stereocenters. The zero-order valence-electron chi connectivity index (χ0n) is 7.85. The van der Waals surface area contributed by atoms with Gasteiger partial charge in [-0.15, -0.1) is 11.6 Å². The third-order valence-corrected chi connectivity index (χ3v) is 2.63. The number of amides is 1. The molecule has 0 aromatic rings. The SMILES string of the molecule is O=C(CCCl)N1CC[C@@](O)(C(F)(F)F)C1. The van der Waals surface area contributed by atoms with Crippen molar-refractivity contribution in [1.29, 1.82) is 0 Å². The van der Waals surface area contributed by atoms with Gasteiger partial charge in [-0.25, -0.2) is 0 Å². The smallest absolute Gasteiger partial charge is 0.379 e. The molecule has 1 N–H and O–H groups in total. The summed E-state index contributed by atoms with van der Waals surface area (Å²) in [5.41, 5.74) is -2.75. The summed E-state index contributed by atoms with van der Waals surface area (Å²) in [5.74, 6) is -0.384. The van der Waals surface area contributed by atoms with Gasteiger partial charge in [0.15, 0.2) is 5.60 Å². The molecule has 0 aromatic heterocycles. The van der Waals surface area contributed by atoms with Crippen molar-refractivity contribution in [3.63, 3.8) is 0 Å². The van der Waals surface area contributed by atoms with Gasteiger partial charge in [0, 0.05) is 25.3 Å². The van der Waals surface area contributed by atoms with Crippen molar-refractivity contribution < 1.29 is 23.1 Å². The largest absolute Gasteiger partial charge is 0.419 e. The van der Waals surface area contributed by atoms with Crippen LogP contribution < -0.4 is 0 Å². The second-order valence-electron chi connectivity index (χ2n) is 3.53. The predicted molar refractivity (Wildman–Crippen MR) is 47.5 cm³/mol. The summed E-state index contributed by atoms with van der Waals surface area (Å²) in [4.78, 5) is 12.2. The summed E-state index contributed by atoms with van der Waals surface area (Å²) in [6, 6.07) is 0. The molecule has 88 valence electrons. The summed E-state index contributed by atoms with van der Waals surface area (Å²) in [6.07, 6.45) is -5.16. The average molecular weight is 246 g/mol. The fourth-order valence-corrected chi connectivity index (χ4v) is 1.64. The Kier molecular flexibility index (Phi) is 3.50. The lowest BCUT2D eigenvalue weighted by Crippen LogP contribution is -2.48. The molecule has 1 atom stereocenters. The second-order valence-corrected chi connectivity index (χ2v) is 3.91. The van der Waals surface area contributed by atoms with Crippen molar-refractivity contribution >= 4 is 17.5 Å².